The second-order valence-corrected chi connectivity index (χ2v) is 4.89. The molecule has 2 aliphatic rings. The van der Waals surface area contributed by atoms with Crippen molar-refractivity contribution in [3.63, 3.8) is 0 Å². The summed E-state index contributed by atoms with van der Waals surface area (Å²) in [6.45, 7) is 0.328. The number of benzene rings is 1. The summed E-state index contributed by atoms with van der Waals surface area (Å²) in [7, 11) is 0. The molecule has 1 aliphatic carbocycles. The first-order valence-electron chi connectivity index (χ1n) is 5.92. The first-order valence-corrected chi connectivity index (χ1v) is 5.92. The molecule has 3 rings (SSSR count). The molecule has 0 radical (unpaired) electrons. The van der Waals surface area contributed by atoms with E-state index in [9.17, 15) is 9.59 Å². The van der Waals surface area contributed by atoms with Crippen LogP contribution in [0.4, 0.5) is 5.69 Å². The first kappa shape index (κ1) is 11.1. The molecule has 1 saturated carbocycles. The first-order chi connectivity index (χ1) is 8.61. The van der Waals surface area contributed by atoms with Gasteiger partial charge in [0, 0.05) is 0 Å². The van der Waals surface area contributed by atoms with E-state index in [1.807, 2.05) is 0 Å². The lowest BCUT2D eigenvalue weighted by Crippen LogP contribution is -2.45. The zero-order chi connectivity index (χ0) is 12.8. The molecule has 0 unspecified atom stereocenters. The summed E-state index contributed by atoms with van der Waals surface area (Å²) in [6, 6.07) is 4.49. The largest absolute Gasteiger partial charge is 0.490 e. The molecule has 1 aromatic carbocycles. The van der Waals surface area contributed by atoms with Gasteiger partial charge >= 0.3 is 5.97 Å². The van der Waals surface area contributed by atoms with Gasteiger partial charge < -0.3 is 15.2 Å². The number of rotatable bonds is 1. The van der Waals surface area contributed by atoms with Crippen molar-refractivity contribution in [3.8, 4) is 5.75 Å². The quantitative estimate of drug-likeness (QED) is 0.794. The fourth-order valence-electron chi connectivity index (χ4n) is 2.39. The lowest BCUT2D eigenvalue weighted by atomic mass is 9.69. The van der Waals surface area contributed by atoms with Crippen molar-refractivity contribution in [1.29, 1.82) is 0 Å². The van der Waals surface area contributed by atoms with Gasteiger partial charge in [0.2, 0.25) is 5.91 Å². The lowest BCUT2D eigenvalue weighted by molar-refractivity contribution is -0.132. The van der Waals surface area contributed by atoms with Crippen LogP contribution >= 0.6 is 0 Å². The molecule has 0 aromatic heterocycles. The molecule has 1 amide bonds. The van der Waals surface area contributed by atoms with Crippen LogP contribution in [0.5, 0.6) is 5.75 Å². The van der Waals surface area contributed by atoms with E-state index < -0.39 is 11.4 Å². The van der Waals surface area contributed by atoms with E-state index >= 15 is 0 Å². The number of ether oxygens (including phenoxy) is 1. The molecule has 2 N–H and O–H groups in total. The van der Waals surface area contributed by atoms with E-state index in [0.717, 1.165) is 19.3 Å². The number of nitrogens with one attached hydrogen (secondary N) is 1. The van der Waals surface area contributed by atoms with Crippen molar-refractivity contribution in [2.24, 2.45) is 5.41 Å². The van der Waals surface area contributed by atoms with Crippen molar-refractivity contribution in [3.05, 3.63) is 23.8 Å². The van der Waals surface area contributed by atoms with E-state index in [1.165, 1.54) is 12.1 Å². The summed E-state index contributed by atoms with van der Waals surface area (Å²) in [5.74, 6) is -0.585. The number of fused-ring (bicyclic) bond motifs is 1. The van der Waals surface area contributed by atoms with E-state index in [0.29, 0.717) is 18.0 Å². The second-order valence-electron chi connectivity index (χ2n) is 4.89. The molecule has 0 bridgehead atoms. The summed E-state index contributed by atoms with van der Waals surface area (Å²) in [5, 5.41) is 11.8. The van der Waals surface area contributed by atoms with Crippen LogP contribution in [0.1, 0.15) is 29.6 Å². The number of carboxylic acids is 1. The van der Waals surface area contributed by atoms with Crippen LogP contribution in [-0.2, 0) is 4.79 Å². The van der Waals surface area contributed by atoms with Crippen molar-refractivity contribution >= 4 is 17.6 Å². The number of carbonyl (C=O) groups is 2. The highest BCUT2D eigenvalue weighted by molar-refractivity contribution is 5.99. The summed E-state index contributed by atoms with van der Waals surface area (Å²) in [4.78, 5) is 23.0. The second kappa shape index (κ2) is 3.73. The molecule has 1 fully saturated rings. The number of anilines is 1. The standard InChI is InChI=1S/C13H13NO4/c15-11(16)8-2-3-9-10(6-8)18-7-13(4-1-5-13)12(17)14-9/h2-3,6H,1,4-5,7H2,(H,14,17)(H,15,16). The van der Waals surface area contributed by atoms with Crippen LogP contribution in [0, 0.1) is 5.41 Å². The molecule has 0 saturated heterocycles. The minimum Gasteiger partial charge on any atom is -0.490 e. The van der Waals surface area contributed by atoms with Crippen LogP contribution in [0.2, 0.25) is 0 Å². The summed E-state index contributed by atoms with van der Waals surface area (Å²) in [5.41, 5.74) is 0.295. The third kappa shape index (κ3) is 1.54. The summed E-state index contributed by atoms with van der Waals surface area (Å²) >= 11 is 0. The third-order valence-electron chi connectivity index (χ3n) is 3.77. The van der Waals surface area contributed by atoms with E-state index in [-0.39, 0.29) is 11.5 Å². The van der Waals surface area contributed by atoms with Crippen LogP contribution in [-0.4, -0.2) is 23.6 Å². The molecule has 0 atom stereocenters. The smallest absolute Gasteiger partial charge is 0.335 e. The number of amides is 1. The van der Waals surface area contributed by atoms with Crippen LogP contribution in [0.25, 0.3) is 0 Å². The molecule has 18 heavy (non-hydrogen) atoms. The van der Waals surface area contributed by atoms with Crippen molar-refractivity contribution < 1.29 is 19.4 Å². The van der Waals surface area contributed by atoms with E-state index in [2.05, 4.69) is 5.32 Å². The summed E-state index contributed by atoms with van der Waals surface area (Å²) < 4.78 is 5.62. The Morgan fingerprint density at radius 2 is 2.17 bits per heavy atom. The zero-order valence-corrected chi connectivity index (χ0v) is 9.73. The molecule has 1 spiro atoms. The van der Waals surface area contributed by atoms with Gasteiger partial charge in [-0.2, -0.15) is 0 Å². The fourth-order valence-corrected chi connectivity index (χ4v) is 2.39. The Hall–Kier alpha value is -2.04. The van der Waals surface area contributed by atoms with Crippen molar-refractivity contribution in [1.82, 2.24) is 0 Å². The highest BCUT2D eigenvalue weighted by atomic mass is 16.5. The van der Waals surface area contributed by atoms with Gasteiger partial charge in [0.05, 0.1) is 16.7 Å². The number of aromatic carboxylic acids is 1. The molecular formula is C13H13NO4. The maximum absolute atomic E-state index is 12.1. The third-order valence-corrected chi connectivity index (χ3v) is 3.77. The maximum Gasteiger partial charge on any atom is 0.335 e. The predicted octanol–water partition coefficient (Wildman–Crippen LogP) is 1.89. The molecule has 5 heteroatoms. The van der Waals surface area contributed by atoms with Gasteiger partial charge in [-0.3, -0.25) is 4.79 Å². The Balaban J connectivity index is 1.95. The van der Waals surface area contributed by atoms with Gasteiger partial charge in [0.1, 0.15) is 12.4 Å². The Labute approximate surface area is 104 Å². The molecule has 5 nitrogen and oxygen atoms in total. The van der Waals surface area contributed by atoms with Gasteiger partial charge in [-0.1, -0.05) is 6.42 Å². The Morgan fingerprint density at radius 1 is 1.39 bits per heavy atom. The van der Waals surface area contributed by atoms with Crippen molar-refractivity contribution in [2.75, 3.05) is 11.9 Å². The van der Waals surface area contributed by atoms with Gasteiger partial charge in [0.25, 0.3) is 0 Å². The zero-order valence-electron chi connectivity index (χ0n) is 9.73. The number of carbonyl (C=O) groups excluding carboxylic acids is 1. The van der Waals surface area contributed by atoms with Crippen LogP contribution in [0.3, 0.4) is 0 Å². The van der Waals surface area contributed by atoms with Gasteiger partial charge in [0.15, 0.2) is 0 Å². The molecule has 1 aromatic rings. The van der Waals surface area contributed by atoms with Gasteiger partial charge in [-0.25, -0.2) is 4.79 Å². The average Bonchev–Trinajstić information content (AvgIpc) is 2.43. The Kier molecular flexibility index (Phi) is 2.29. The number of hydrogen-bond donors (Lipinski definition) is 2. The fraction of sp³-hybridized carbons (Fsp3) is 0.385. The normalized spacial score (nSPS) is 20.1. The highest BCUT2D eigenvalue weighted by Gasteiger charge is 2.46. The number of hydrogen-bond acceptors (Lipinski definition) is 3. The molecule has 1 aliphatic heterocycles. The maximum atomic E-state index is 12.1. The SMILES string of the molecule is O=C(O)c1ccc2c(c1)OCC1(CCC1)C(=O)N2. The van der Waals surface area contributed by atoms with Crippen molar-refractivity contribution in [2.45, 2.75) is 19.3 Å². The Morgan fingerprint density at radius 3 is 2.78 bits per heavy atom. The predicted molar refractivity (Wildman–Crippen MR) is 63.8 cm³/mol. The van der Waals surface area contributed by atoms with Gasteiger partial charge in [-0.05, 0) is 31.0 Å². The summed E-state index contributed by atoms with van der Waals surface area (Å²) in [6.07, 6.45) is 2.70. The van der Waals surface area contributed by atoms with Crippen LogP contribution < -0.4 is 10.1 Å². The highest BCUT2D eigenvalue weighted by Crippen LogP contribution is 2.45. The monoisotopic (exact) mass is 247 g/mol. The molecule has 94 valence electrons. The minimum atomic E-state index is -1.00. The Bertz CT molecular complexity index is 534. The number of carboxylic acid groups (broad SMARTS) is 1. The molecular weight excluding hydrogens is 234 g/mol. The topological polar surface area (TPSA) is 75.6 Å². The van der Waals surface area contributed by atoms with Crippen LogP contribution in [0.15, 0.2) is 18.2 Å². The lowest BCUT2D eigenvalue weighted by Gasteiger charge is -2.37. The molecule has 1 heterocycles. The average molecular weight is 247 g/mol. The van der Waals surface area contributed by atoms with E-state index in [4.69, 9.17) is 9.84 Å². The van der Waals surface area contributed by atoms with Gasteiger partial charge in [-0.15, -0.1) is 0 Å². The van der Waals surface area contributed by atoms with E-state index in [1.54, 1.807) is 6.07 Å². The minimum absolute atomic E-state index is 0.0180.